The number of halogens is 1. The summed E-state index contributed by atoms with van der Waals surface area (Å²) in [5.74, 6) is -0.583. The lowest BCUT2D eigenvalue weighted by molar-refractivity contribution is -0.121. The van der Waals surface area contributed by atoms with E-state index in [4.69, 9.17) is 11.6 Å². The summed E-state index contributed by atoms with van der Waals surface area (Å²) in [7, 11) is 0. The fraction of sp³-hybridized carbons (Fsp3) is 0.176. The average molecular weight is 330 g/mol. The van der Waals surface area contributed by atoms with Crippen molar-refractivity contribution >= 4 is 23.4 Å². The van der Waals surface area contributed by atoms with Crippen molar-refractivity contribution in [2.45, 2.75) is 19.0 Å². The van der Waals surface area contributed by atoms with Gasteiger partial charge in [-0.05, 0) is 36.8 Å². The summed E-state index contributed by atoms with van der Waals surface area (Å²) in [6, 6.07) is 13.3. The lowest BCUT2D eigenvalue weighted by Crippen LogP contribution is -2.42. The van der Waals surface area contributed by atoms with E-state index in [-0.39, 0.29) is 17.9 Å². The smallest absolute Gasteiger partial charge is 0.258 e. The molecular formula is C17H16ClN3O2. The molecule has 118 valence electrons. The van der Waals surface area contributed by atoms with Gasteiger partial charge in [-0.15, -0.1) is 0 Å². The van der Waals surface area contributed by atoms with E-state index in [0.29, 0.717) is 10.6 Å². The van der Waals surface area contributed by atoms with Crippen molar-refractivity contribution in [3.8, 4) is 0 Å². The van der Waals surface area contributed by atoms with E-state index in [2.05, 4.69) is 16.2 Å². The van der Waals surface area contributed by atoms with E-state index >= 15 is 0 Å². The van der Waals surface area contributed by atoms with Crippen molar-refractivity contribution in [3.63, 3.8) is 0 Å². The second kappa shape index (κ2) is 6.40. The Labute approximate surface area is 139 Å². The number of amides is 2. The van der Waals surface area contributed by atoms with Crippen LogP contribution in [0.2, 0.25) is 5.02 Å². The molecule has 0 spiro atoms. The van der Waals surface area contributed by atoms with Crippen LogP contribution in [0.4, 0.5) is 0 Å². The van der Waals surface area contributed by atoms with Crippen LogP contribution in [0.3, 0.4) is 0 Å². The summed E-state index contributed by atoms with van der Waals surface area (Å²) in [5.41, 5.74) is 8.01. The van der Waals surface area contributed by atoms with Gasteiger partial charge in [0.1, 0.15) is 6.04 Å². The summed E-state index contributed by atoms with van der Waals surface area (Å²) in [6.45, 7) is 2.00. The average Bonchev–Trinajstić information content (AvgIpc) is 2.90. The lowest BCUT2D eigenvalue weighted by Gasteiger charge is -2.18. The van der Waals surface area contributed by atoms with Crippen molar-refractivity contribution in [2.75, 3.05) is 0 Å². The molecule has 3 rings (SSSR count). The maximum atomic E-state index is 12.3. The molecule has 1 aliphatic rings. The first-order valence-corrected chi connectivity index (χ1v) is 7.61. The van der Waals surface area contributed by atoms with Gasteiger partial charge >= 0.3 is 0 Å². The number of hydrazine groups is 1. The molecule has 0 aliphatic carbocycles. The van der Waals surface area contributed by atoms with Crippen molar-refractivity contribution < 1.29 is 9.59 Å². The molecule has 2 aromatic carbocycles. The molecule has 1 heterocycles. The van der Waals surface area contributed by atoms with Crippen LogP contribution in [0.1, 0.15) is 27.5 Å². The zero-order valence-electron chi connectivity index (χ0n) is 12.5. The quantitative estimate of drug-likeness (QED) is 0.808. The van der Waals surface area contributed by atoms with Crippen LogP contribution in [-0.2, 0) is 4.79 Å². The Hall–Kier alpha value is -2.37. The van der Waals surface area contributed by atoms with Gasteiger partial charge < -0.3 is 5.32 Å². The van der Waals surface area contributed by atoms with E-state index < -0.39 is 6.04 Å². The number of carbonyl (C=O) groups excluding carboxylic acids is 2. The van der Waals surface area contributed by atoms with Gasteiger partial charge in [-0.3, -0.25) is 15.0 Å². The van der Waals surface area contributed by atoms with E-state index in [0.717, 1.165) is 11.1 Å². The van der Waals surface area contributed by atoms with Gasteiger partial charge in [0.15, 0.2) is 0 Å². The molecule has 1 fully saturated rings. The summed E-state index contributed by atoms with van der Waals surface area (Å²) in [5, 5.41) is 3.33. The molecule has 23 heavy (non-hydrogen) atoms. The van der Waals surface area contributed by atoms with Gasteiger partial charge in [0.2, 0.25) is 0 Å². The number of hydrogen-bond acceptors (Lipinski definition) is 3. The first-order chi connectivity index (χ1) is 11.0. The molecule has 1 saturated heterocycles. The monoisotopic (exact) mass is 329 g/mol. The number of rotatable bonds is 3. The molecule has 0 aromatic heterocycles. The molecular weight excluding hydrogens is 314 g/mol. The van der Waals surface area contributed by atoms with Gasteiger partial charge in [-0.1, -0.05) is 41.4 Å². The zero-order valence-corrected chi connectivity index (χ0v) is 13.2. The van der Waals surface area contributed by atoms with Gasteiger partial charge in [0, 0.05) is 10.6 Å². The van der Waals surface area contributed by atoms with Crippen LogP contribution in [0.25, 0.3) is 0 Å². The third kappa shape index (κ3) is 3.36. The minimum Gasteiger partial charge on any atom is -0.338 e. The highest BCUT2D eigenvalue weighted by Crippen LogP contribution is 2.21. The summed E-state index contributed by atoms with van der Waals surface area (Å²) in [6.07, 6.45) is 0. The first kappa shape index (κ1) is 15.5. The van der Waals surface area contributed by atoms with Gasteiger partial charge in [-0.2, -0.15) is 0 Å². The Bertz CT molecular complexity index is 729. The van der Waals surface area contributed by atoms with Crippen LogP contribution in [0.5, 0.6) is 0 Å². The molecule has 0 saturated carbocycles. The third-order valence-electron chi connectivity index (χ3n) is 3.80. The van der Waals surface area contributed by atoms with Crippen LogP contribution in [-0.4, -0.2) is 17.9 Å². The minimum absolute atomic E-state index is 0.266. The largest absolute Gasteiger partial charge is 0.338 e. The van der Waals surface area contributed by atoms with Crippen LogP contribution >= 0.6 is 11.6 Å². The number of benzene rings is 2. The zero-order chi connectivity index (χ0) is 16.4. The Morgan fingerprint density at radius 3 is 2.39 bits per heavy atom. The fourth-order valence-electron chi connectivity index (χ4n) is 2.49. The molecule has 0 unspecified atom stereocenters. The predicted octanol–water partition coefficient (Wildman–Crippen LogP) is 2.12. The van der Waals surface area contributed by atoms with Crippen molar-refractivity contribution in [2.24, 2.45) is 0 Å². The highest BCUT2D eigenvalue weighted by molar-refractivity contribution is 6.30. The lowest BCUT2D eigenvalue weighted by atomic mass is 9.99. The predicted molar refractivity (Wildman–Crippen MR) is 87.9 cm³/mol. The highest BCUT2D eigenvalue weighted by atomic mass is 35.5. The SMILES string of the molecule is Cc1ccc([C@H]2NNC(=O)[C@@H]2NC(=O)c2ccc(Cl)cc2)cc1. The van der Waals surface area contributed by atoms with Crippen molar-refractivity contribution in [3.05, 3.63) is 70.2 Å². The minimum atomic E-state index is -0.680. The van der Waals surface area contributed by atoms with Gasteiger partial charge in [0.05, 0.1) is 6.04 Å². The molecule has 0 radical (unpaired) electrons. The standard InChI is InChI=1S/C17H16ClN3O2/c1-10-2-4-11(5-3-10)14-15(17(23)21-20-14)19-16(22)12-6-8-13(18)9-7-12/h2-9,14-15,20H,1H3,(H,19,22)(H,21,23)/t14-,15-/m1/s1. The summed E-state index contributed by atoms with van der Waals surface area (Å²) >= 11 is 5.82. The van der Waals surface area contributed by atoms with Crippen LogP contribution < -0.4 is 16.2 Å². The summed E-state index contributed by atoms with van der Waals surface area (Å²) < 4.78 is 0. The number of carbonyl (C=O) groups is 2. The van der Waals surface area contributed by atoms with Gasteiger partial charge in [-0.25, -0.2) is 5.43 Å². The van der Waals surface area contributed by atoms with Crippen molar-refractivity contribution in [1.82, 2.24) is 16.2 Å². The maximum Gasteiger partial charge on any atom is 0.258 e. The highest BCUT2D eigenvalue weighted by Gasteiger charge is 2.36. The van der Waals surface area contributed by atoms with E-state index in [1.165, 1.54) is 0 Å². The van der Waals surface area contributed by atoms with Crippen molar-refractivity contribution in [1.29, 1.82) is 0 Å². The molecule has 6 heteroatoms. The molecule has 5 nitrogen and oxygen atoms in total. The molecule has 3 N–H and O–H groups in total. The second-order valence-corrected chi connectivity index (χ2v) is 5.92. The number of aryl methyl sites for hydroxylation is 1. The Balaban J connectivity index is 1.78. The van der Waals surface area contributed by atoms with Crippen LogP contribution in [0, 0.1) is 6.92 Å². The maximum absolute atomic E-state index is 12.3. The molecule has 2 atom stereocenters. The Kier molecular flexibility index (Phi) is 4.32. The van der Waals surface area contributed by atoms with Crippen LogP contribution in [0.15, 0.2) is 48.5 Å². The van der Waals surface area contributed by atoms with E-state index in [1.807, 2.05) is 31.2 Å². The normalized spacial score (nSPS) is 20.2. The van der Waals surface area contributed by atoms with Gasteiger partial charge in [0.25, 0.3) is 11.8 Å². The molecule has 1 aliphatic heterocycles. The number of hydrogen-bond donors (Lipinski definition) is 3. The molecule has 2 aromatic rings. The Morgan fingerprint density at radius 1 is 1.09 bits per heavy atom. The number of nitrogens with one attached hydrogen (secondary N) is 3. The Morgan fingerprint density at radius 2 is 1.74 bits per heavy atom. The third-order valence-corrected chi connectivity index (χ3v) is 4.05. The fourth-order valence-corrected chi connectivity index (χ4v) is 2.61. The molecule has 2 amide bonds. The topological polar surface area (TPSA) is 70.2 Å². The van der Waals surface area contributed by atoms with E-state index in [9.17, 15) is 9.59 Å². The first-order valence-electron chi connectivity index (χ1n) is 7.23. The second-order valence-electron chi connectivity index (χ2n) is 5.48. The van der Waals surface area contributed by atoms with E-state index in [1.54, 1.807) is 24.3 Å². The summed E-state index contributed by atoms with van der Waals surface area (Å²) in [4.78, 5) is 24.4. The molecule has 0 bridgehead atoms.